The molecule has 5 nitrogen and oxygen atoms in total. The quantitative estimate of drug-likeness (QED) is 0.874. The molecular weight excluding hydrogens is 256 g/mol. The highest BCUT2D eigenvalue weighted by molar-refractivity contribution is 5.68. The summed E-state index contributed by atoms with van der Waals surface area (Å²) in [4.78, 5) is 10.0. The number of hydrogen-bond acceptors (Lipinski definition) is 4. The Labute approximate surface area is 118 Å². The first-order valence-corrected chi connectivity index (χ1v) is 6.24. The molecule has 0 saturated heterocycles. The minimum atomic E-state index is -0.0736. The lowest BCUT2D eigenvalue weighted by Gasteiger charge is -2.11. The third kappa shape index (κ3) is 5.14. The highest BCUT2D eigenvalue weighted by atomic mass is 16.5. The summed E-state index contributed by atoms with van der Waals surface area (Å²) in [6.07, 6.45) is 0.574. The second-order valence-corrected chi connectivity index (χ2v) is 5.11. The minimum Gasteiger partial charge on any atom is -0.497 e. The van der Waals surface area contributed by atoms with Crippen LogP contribution in [-0.4, -0.2) is 18.7 Å². The molecule has 0 fully saturated rings. The number of anilines is 1. The van der Waals surface area contributed by atoms with Crippen molar-refractivity contribution in [1.82, 2.24) is 5.16 Å². The van der Waals surface area contributed by atoms with Crippen LogP contribution in [0.15, 0.2) is 40.9 Å². The summed E-state index contributed by atoms with van der Waals surface area (Å²) >= 11 is 0. The molecule has 0 atom stereocenters. The van der Waals surface area contributed by atoms with E-state index < -0.39 is 0 Å². The molecule has 2 aromatic rings. The van der Waals surface area contributed by atoms with Crippen molar-refractivity contribution in [2.24, 2.45) is 0 Å². The Bertz CT molecular complexity index is 515. The van der Waals surface area contributed by atoms with Gasteiger partial charge in [-0.3, -0.25) is 4.79 Å². The predicted molar refractivity (Wildman–Crippen MR) is 77.9 cm³/mol. The van der Waals surface area contributed by atoms with Crippen molar-refractivity contribution in [3.05, 3.63) is 42.2 Å². The van der Waals surface area contributed by atoms with Crippen LogP contribution in [0.2, 0.25) is 0 Å². The Morgan fingerprint density at radius 1 is 1.25 bits per heavy atom. The molecule has 0 bridgehead atoms. The molecule has 0 aliphatic carbocycles. The maximum absolute atomic E-state index is 10.0. The summed E-state index contributed by atoms with van der Waals surface area (Å²) in [7, 11) is 1.66. The molecule has 1 heterocycles. The summed E-state index contributed by atoms with van der Waals surface area (Å²) in [5, 5.41) is 6.07. The Kier molecular flexibility index (Phi) is 5.77. The molecule has 2 rings (SSSR count). The minimum absolute atomic E-state index is 0.0736. The zero-order chi connectivity index (χ0) is 15.0. The predicted octanol–water partition coefficient (Wildman–Crippen LogP) is 3.24. The molecular formula is C15H20N2O3. The number of aromatic nitrogens is 1. The first-order valence-electron chi connectivity index (χ1n) is 6.24. The summed E-state index contributed by atoms with van der Waals surface area (Å²) in [6.45, 7) is 6.04. The lowest BCUT2D eigenvalue weighted by molar-refractivity contribution is -0.105. The monoisotopic (exact) mass is 276 g/mol. The maximum Gasteiger partial charge on any atom is 0.212 e. The van der Waals surface area contributed by atoms with Crippen LogP contribution in [0.25, 0.3) is 0 Å². The maximum atomic E-state index is 10.0. The van der Waals surface area contributed by atoms with Crippen LogP contribution in [0.3, 0.4) is 0 Å². The molecule has 0 saturated carbocycles. The summed E-state index contributed by atoms with van der Waals surface area (Å²) < 4.78 is 9.92. The van der Waals surface area contributed by atoms with E-state index in [9.17, 15) is 4.79 Å². The number of para-hydroxylation sites is 1. The van der Waals surface area contributed by atoms with Crippen molar-refractivity contribution in [2.75, 3.05) is 12.4 Å². The number of amides is 1. The van der Waals surface area contributed by atoms with Crippen LogP contribution in [-0.2, 0) is 10.2 Å². The number of benzene rings is 1. The fraction of sp³-hybridized carbons (Fsp3) is 0.333. The number of nitrogens with one attached hydrogen (secondary N) is 1. The third-order valence-corrected chi connectivity index (χ3v) is 2.44. The number of carbonyl (C=O) groups is 1. The highest BCUT2D eigenvalue weighted by Gasteiger charge is 2.19. The number of ether oxygens (including phenoxy) is 1. The summed E-state index contributed by atoms with van der Waals surface area (Å²) in [5.74, 6) is 2.12. The van der Waals surface area contributed by atoms with E-state index in [1.165, 1.54) is 0 Å². The lowest BCUT2D eigenvalue weighted by Crippen LogP contribution is -2.09. The van der Waals surface area contributed by atoms with Gasteiger partial charge in [-0.15, -0.1) is 0 Å². The zero-order valence-electron chi connectivity index (χ0n) is 12.2. The van der Waals surface area contributed by atoms with E-state index in [4.69, 9.17) is 9.26 Å². The Morgan fingerprint density at radius 3 is 2.30 bits per heavy atom. The smallest absolute Gasteiger partial charge is 0.212 e. The Balaban J connectivity index is 0.000000217. The first-order chi connectivity index (χ1) is 9.47. The molecule has 0 spiro atoms. The van der Waals surface area contributed by atoms with Gasteiger partial charge in [-0.1, -0.05) is 44.1 Å². The van der Waals surface area contributed by atoms with Gasteiger partial charge in [-0.2, -0.15) is 0 Å². The van der Waals surface area contributed by atoms with Crippen LogP contribution in [0.5, 0.6) is 5.75 Å². The standard InChI is InChI=1S/C8H12N2O2.C7H8O/c1-8(2,3)6-4-7(9-5-11)10-12-6;1-8-7-5-3-2-4-6-7/h4-5H,1-3H3,(H,9,10,11);2-6H,1H3. The van der Waals surface area contributed by atoms with Crippen molar-refractivity contribution in [3.8, 4) is 5.75 Å². The molecule has 1 aromatic carbocycles. The van der Waals surface area contributed by atoms with E-state index in [0.29, 0.717) is 12.2 Å². The lowest BCUT2D eigenvalue weighted by atomic mass is 9.93. The molecule has 108 valence electrons. The van der Waals surface area contributed by atoms with Crippen LogP contribution in [0, 0.1) is 0 Å². The highest BCUT2D eigenvalue weighted by Crippen LogP contribution is 2.23. The van der Waals surface area contributed by atoms with Gasteiger partial charge in [0, 0.05) is 11.5 Å². The molecule has 1 N–H and O–H groups in total. The van der Waals surface area contributed by atoms with Crippen LogP contribution >= 0.6 is 0 Å². The van der Waals surface area contributed by atoms with Gasteiger partial charge in [0.05, 0.1) is 7.11 Å². The Morgan fingerprint density at radius 2 is 1.90 bits per heavy atom. The topological polar surface area (TPSA) is 64.4 Å². The molecule has 20 heavy (non-hydrogen) atoms. The van der Waals surface area contributed by atoms with E-state index in [0.717, 1.165) is 11.5 Å². The first kappa shape index (κ1) is 15.8. The summed E-state index contributed by atoms with van der Waals surface area (Å²) in [5.41, 5.74) is -0.0736. The van der Waals surface area contributed by atoms with Gasteiger partial charge in [0.15, 0.2) is 5.82 Å². The van der Waals surface area contributed by atoms with Gasteiger partial charge in [0.25, 0.3) is 0 Å². The normalized spacial score (nSPS) is 10.2. The van der Waals surface area contributed by atoms with E-state index in [1.54, 1.807) is 13.2 Å². The zero-order valence-corrected chi connectivity index (χ0v) is 12.2. The van der Waals surface area contributed by atoms with Crippen molar-refractivity contribution in [2.45, 2.75) is 26.2 Å². The van der Waals surface area contributed by atoms with Crippen LogP contribution in [0.1, 0.15) is 26.5 Å². The third-order valence-electron chi connectivity index (χ3n) is 2.44. The van der Waals surface area contributed by atoms with Gasteiger partial charge in [0.2, 0.25) is 6.41 Å². The van der Waals surface area contributed by atoms with E-state index in [-0.39, 0.29) is 5.41 Å². The fourth-order valence-electron chi connectivity index (χ4n) is 1.31. The molecule has 0 aliphatic rings. The van der Waals surface area contributed by atoms with Gasteiger partial charge < -0.3 is 14.6 Å². The van der Waals surface area contributed by atoms with Crippen molar-refractivity contribution < 1.29 is 14.1 Å². The van der Waals surface area contributed by atoms with Gasteiger partial charge in [-0.25, -0.2) is 0 Å². The summed E-state index contributed by atoms with van der Waals surface area (Å²) in [6, 6.07) is 11.4. The van der Waals surface area contributed by atoms with Crippen LogP contribution in [0.4, 0.5) is 5.82 Å². The second-order valence-electron chi connectivity index (χ2n) is 5.11. The van der Waals surface area contributed by atoms with Crippen molar-refractivity contribution >= 4 is 12.2 Å². The van der Waals surface area contributed by atoms with E-state index in [1.807, 2.05) is 51.1 Å². The number of carbonyl (C=O) groups excluding carboxylic acids is 1. The SMILES string of the molecule is CC(C)(C)c1cc(NC=O)no1.COc1ccccc1. The van der Waals surface area contributed by atoms with E-state index >= 15 is 0 Å². The molecule has 0 radical (unpaired) electrons. The molecule has 5 heteroatoms. The number of nitrogens with zero attached hydrogens (tertiary/aromatic N) is 1. The molecule has 0 aliphatic heterocycles. The van der Waals surface area contributed by atoms with Gasteiger partial charge >= 0.3 is 0 Å². The number of methoxy groups -OCH3 is 1. The average molecular weight is 276 g/mol. The number of hydrogen-bond donors (Lipinski definition) is 1. The Hall–Kier alpha value is -2.30. The van der Waals surface area contributed by atoms with Crippen LogP contribution < -0.4 is 10.1 Å². The van der Waals surface area contributed by atoms with Gasteiger partial charge in [0.1, 0.15) is 11.5 Å². The van der Waals surface area contributed by atoms with Crippen molar-refractivity contribution in [3.63, 3.8) is 0 Å². The second kappa shape index (κ2) is 7.33. The molecule has 1 aromatic heterocycles. The molecule has 0 unspecified atom stereocenters. The fourth-order valence-corrected chi connectivity index (χ4v) is 1.31. The largest absolute Gasteiger partial charge is 0.497 e. The van der Waals surface area contributed by atoms with E-state index in [2.05, 4.69) is 10.5 Å². The van der Waals surface area contributed by atoms with Crippen molar-refractivity contribution in [1.29, 1.82) is 0 Å². The molecule has 1 amide bonds. The number of rotatable bonds is 3. The van der Waals surface area contributed by atoms with Gasteiger partial charge in [-0.05, 0) is 12.1 Å². The average Bonchev–Trinajstić information content (AvgIpc) is 2.90.